The zero-order valence-electron chi connectivity index (χ0n) is 13.5. The average molecular weight is 338 g/mol. The monoisotopic (exact) mass is 338 g/mol. The molecule has 2 amide bonds. The van der Waals surface area contributed by atoms with Gasteiger partial charge in [0.15, 0.2) is 0 Å². The molecule has 7 nitrogen and oxygen atoms in total. The Kier molecular flexibility index (Phi) is 7.07. The minimum Gasteiger partial charge on any atom is -0.381 e. The lowest BCUT2D eigenvalue weighted by Crippen LogP contribution is -2.47. The number of carbonyl (C=O) groups excluding carboxylic acids is 2. The summed E-state index contributed by atoms with van der Waals surface area (Å²) in [6, 6.07) is 1.86. The lowest BCUT2D eigenvalue weighted by Gasteiger charge is -2.22. The molecule has 2 heterocycles. The number of halogens is 1. The molecule has 1 aliphatic rings. The number of nitrogens with two attached hydrogens (primary N) is 1. The van der Waals surface area contributed by atoms with Crippen molar-refractivity contribution in [3.05, 3.63) is 24.1 Å². The molecule has 2 rings (SSSR count). The van der Waals surface area contributed by atoms with E-state index < -0.39 is 17.8 Å². The van der Waals surface area contributed by atoms with Crippen LogP contribution in [-0.4, -0.2) is 42.6 Å². The minimum atomic E-state index is -0.712. The van der Waals surface area contributed by atoms with Crippen molar-refractivity contribution in [1.82, 2.24) is 10.3 Å². The highest BCUT2D eigenvalue weighted by molar-refractivity contribution is 5.96. The third-order valence-electron chi connectivity index (χ3n) is 3.96. The molecule has 1 aromatic heterocycles. The van der Waals surface area contributed by atoms with Gasteiger partial charge in [-0.1, -0.05) is 0 Å². The zero-order chi connectivity index (χ0) is 17.4. The normalized spacial score (nSPS) is 19.2. The fourth-order valence-corrected chi connectivity index (χ4v) is 2.69. The Morgan fingerprint density at radius 1 is 1.38 bits per heavy atom. The lowest BCUT2D eigenvalue weighted by atomic mass is 9.92. The second-order valence-electron chi connectivity index (χ2n) is 5.82. The van der Waals surface area contributed by atoms with E-state index in [1.165, 1.54) is 12.1 Å². The van der Waals surface area contributed by atoms with Crippen LogP contribution in [0.15, 0.2) is 18.3 Å². The predicted octanol–water partition coefficient (Wildman–Crippen LogP) is 0.809. The zero-order valence-corrected chi connectivity index (χ0v) is 13.5. The summed E-state index contributed by atoms with van der Waals surface area (Å²) in [5.74, 6) is -0.757. The first-order chi connectivity index (χ1) is 11.6. The molecule has 1 aromatic rings. The van der Waals surface area contributed by atoms with Gasteiger partial charge in [-0.05, 0) is 43.7 Å². The molecule has 0 aliphatic carbocycles. The number of carbonyl (C=O) groups is 2. The minimum absolute atomic E-state index is 0.188. The Bertz CT molecular complexity index is 545. The highest BCUT2D eigenvalue weighted by atomic mass is 19.1. The topological polar surface area (TPSA) is 106 Å². The van der Waals surface area contributed by atoms with E-state index in [2.05, 4.69) is 15.6 Å². The maximum atomic E-state index is 12.9. The summed E-state index contributed by atoms with van der Waals surface area (Å²) in [4.78, 5) is 27.9. The number of amides is 2. The van der Waals surface area contributed by atoms with Gasteiger partial charge in [0.05, 0.1) is 12.7 Å². The van der Waals surface area contributed by atoms with Crippen LogP contribution in [0.3, 0.4) is 0 Å². The van der Waals surface area contributed by atoms with E-state index >= 15 is 0 Å². The number of pyridine rings is 1. The number of anilines is 1. The van der Waals surface area contributed by atoms with E-state index in [0.29, 0.717) is 13.0 Å². The number of aromatic nitrogens is 1. The highest BCUT2D eigenvalue weighted by Crippen LogP contribution is 2.21. The van der Waals surface area contributed by atoms with E-state index in [1.54, 1.807) is 0 Å². The summed E-state index contributed by atoms with van der Waals surface area (Å²) in [6.07, 6.45) is 4.24. The largest absolute Gasteiger partial charge is 0.381 e. The molecule has 24 heavy (non-hydrogen) atoms. The molecule has 132 valence electrons. The van der Waals surface area contributed by atoms with Crippen LogP contribution in [0.4, 0.5) is 10.2 Å². The molecule has 0 radical (unpaired) electrons. The van der Waals surface area contributed by atoms with Crippen molar-refractivity contribution in [3.8, 4) is 0 Å². The molecule has 0 aromatic carbocycles. The van der Waals surface area contributed by atoms with E-state index in [4.69, 9.17) is 10.5 Å². The molecular formula is C16H23FN4O3. The molecule has 1 unspecified atom stereocenters. The smallest absolute Gasteiger partial charge is 0.248 e. The van der Waals surface area contributed by atoms with Crippen LogP contribution in [0.2, 0.25) is 0 Å². The molecule has 1 saturated heterocycles. The van der Waals surface area contributed by atoms with Gasteiger partial charge in [-0.2, -0.15) is 0 Å². The summed E-state index contributed by atoms with van der Waals surface area (Å²) in [5.41, 5.74) is 5.33. The van der Waals surface area contributed by atoms with E-state index in [-0.39, 0.29) is 24.2 Å². The fraction of sp³-hybridized carbons (Fsp3) is 0.562. The van der Waals surface area contributed by atoms with Crippen LogP contribution >= 0.6 is 0 Å². The van der Waals surface area contributed by atoms with Crippen LogP contribution in [0.1, 0.15) is 25.7 Å². The second kappa shape index (κ2) is 9.29. The summed E-state index contributed by atoms with van der Waals surface area (Å²) in [7, 11) is 0. The Balaban J connectivity index is 2.01. The summed E-state index contributed by atoms with van der Waals surface area (Å²) >= 11 is 0. The number of ether oxygens (including phenoxy) is 1. The van der Waals surface area contributed by atoms with Gasteiger partial charge >= 0.3 is 0 Å². The van der Waals surface area contributed by atoms with Crippen LogP contribution in [0.5, 0.6) is 0 Å². The Morgan fingerprint density at radius 3 is 2.92 bits per heavy atom. The highest BCUT2D eigenvalue weighted by Gasteiger charge is 2.25. The van der Waals surface area contributed by atoms with Gasteiger partial charge in [0.2, 0.25) is 11.8 Å². The number of rotatable bonds is 6. The van der Waals surface area contributed by atoms with Crippen molar-refractivity contribution in [2.45, 2.75) is 31.7 Å². The third kappa shape index (κ3) is 5.86. The van der Waals surface area contributed by atoms with Crippen molar-refractivity contribution in [2.24, 2.45) is 11.7 Å². The Labute approximate surface area is 140 Å². The molecule has 4 N–H and O–H groups in total. The van der Waals surface area contributed by atoms with Gasteiger partial charge in [-0.25, -0.2) is 9.37 Å². The van der Waals surface area contributed by atoms with E-state index in [0.717, 1.165) is 32.1 Å². The SMILES string of the molecule is NCC(=O)N[C@@H](CC1CCCOCC1)C(=O)Nc1ccc(F)cn1. The third-order valence-corrected chi connectivity index (χ3v) is 3.96. The summed E-state index contributed by atoms with van der Waals surface area (Å²) < 4.78 is 18.3. The standard InChI is InChI=1S/C16H23FN4O3/c17-12-3-4-14(19-10-12)21-16(23)13(20-15(22)9-18)8-11-2-1-6-24-7-5-11/h3-4,10-11,13H,1-2,5-9,18H2,(H,20,22)(H,19,21,23)/t11?,13-/m0/s1. The number of hydrogen-bond donors (Lipinski definition) is 3. The maximum Gasteiger partial charge on any atom is 0.248 e. The number of nitrogens with one attached hydrogen (secondary N) is 2. The molecule has 0 spiro atoms. The lowest BCUT2D eigenvalue weighted by molar-refractivity contribution is -0.126. The van der Waals surface area contributed by atoms with Crippen molar-refractivity contribution >= 4 is 17.6 Å². The van der Waals surface area contributed by atoms with Gasteiger partial charge < -0.3 is 21.1 Å². The summed E-state index contributed by atoms with van der Waals surface area (Å²) in [5, 5.41) is 5.25. The van der Waals surface area contributed by atoms with Crippen LogP contribution < -0.4 is 16.4 Å². The molecule has 1 aliphatic heterocycles. The van der Waals surface area contributed by atoms with E-state index in [9.17, 15) is 14.0 Å². The van der Waals surface area contributed by atoms with Crippen molar-refractivity contribution in [1.29, 1.82) is 0 Å². The van der Waals surface area contributed by atoms with Gasteiger partial charge in [0.25, 0.3) is 0 Å². The number of nitrogens with zero attached hydrogens (tertiary/aromatic N) is 1. The van der Waals surface area contributed by atoms with Gasteiger partial charge in [-0.3, -0.25) is 9.59 Å². The first-order valence-corrected chi connectivity index (χ1v) is 8.08. The molecule has 8 heteroatoms. The Hall–Kier alpha value is -2.06. The van der Waals surface area contributed by atoms with Gasteiger partial charge in [-0.15, -0.1) is 0 Å². The molecule has 2 atom stereocenters. The maximum absolute atomic E-state index is 12.9. The predicted molar refractivity (Wildman–Crippen MR) is 86.6 cm³/mol. The van der Waals surface area contributed by atoms with Crippen molar-refractivity contribution in [2.75, 3.05) is 25.1 Å². The molecular weight excluding hydrogens is 315 g/mol. The van der Waals surface area contributed by atoms with Crippen molar-refractivity contribution in [3.63, 3.8) is 0 Å². The molecule has 0 saturated carbocycles. The molecule has 0 bridgehead atoms. The first-order valence-electron chi connectivity index (χ1n) is 8.08. The molecule has 1 fully saturated rings. The van der Waals surface area contributed by atoms with E-state index in [1.807, 2.05) is 0 Å². The Morgan fingerprint density at radius 2 is 2.21 bits per heavy atom. The van der Waals surface area contributed by atoms with Gasteiger partial charge in [0, 0.05) is 13.2 Å². The van der Waals surface area contributed by atoms with Crippen LogP contribution in [-0.2, 0) is 14.3 Å². The van der Waals surface area contributed by atoms with Crippen LogP contribution in [0, 0.1) is 11.7 Å². The summed E-state index contributed by atoms with van der Waals surface area (Å²) in [6.45, 7) is 1.19. The second-order valence-corrected chi connectivity index (χ2v) is 5.82. The quantitative estimate of drug-likeness (QED) is 0.712. The van der Waals surface area contributed by atoms with Crippen molar-refractivity contribution < 1.29 is 18.7 Å². The van der Waals surface area contributed by atoms with Gasteiger partial charge in [0.1, 0.15) is 17.7 Å². The fourth-order valence-electron chi connectivity index (χ4n) is 2.69. The average Bonchev–Trinajstić information content (AvgIpc) is 2.84. The number of hydrogen-bond acceptors (Lipinski definition) is 5. The first kappa shape index (κ1) is 18.3. The van der Waals surface area contributed by atoms with Crippen LogP contribution in [0.25, 0.3) is 0 Å².